The van der Waals surface area contributed by atoms with Crippen LogP contribution in [0.2, 0.25) is 0 Å². The first-order valence-electron chi connectivity index (χ1n) is 4.69. The monoisotopic (exact) mass is 272 g/mol. The third kappa shape index (κ3) is 1.86. The molecule has 0 saturated carbocycles. The summed E-state index contributed by atoms with van der Waals surface area (Å²) >= 11 is 5.29. The van der Waals surface area contributed by atoms with Gasteiger partial charge in [0, 0.05) is 10.2 Å². The third-order valence-electron chi connectivity index (χ3n) is 2.70. The predicted octanol–water partition coefficient (Wildman–Crippen LogP) is 3.08. The minimum absolute atomic E-state index is 0.587. The summed E-state index contributed by atoms with van der Waals surface area (Å²) in [6, 6.07) is 6.12. The zero-order valence-electron chi connectivity index (χ0n) is 8.09. The molecule has 1 N–H and O–H groups in total. The molecule has 0 bridgehead atoms. The smallest absolute Gasteiger partial charge is 0.0994 e. The van der Waals surface area contributed by atoms with Gasteiger partial charge in [0.15, 0.2) is 0 Å². The van der Waals surface area contributed by atoms with E-state index in [1.807, 2.05) is 23.9 Å². The quantitative estimate of drug-likeness (QED) is 0.848. The molecule has 76 valence electrons. The van der Waals surface area contributed by atoms with Crippen molar-refractivity contribution in [2.24, 2.45) is 0 Å². The van der Waals surface area contributed by atoms with Crippen LogP contribution in [0.4, 0.5) is 0 Å². The van der Waals surface area contributed by atoms with E-state index in [1.165, 1.54) is 5.56 Å². The average Bonchev–Trinajstić information content (AvgIpc) is 2.58. The van der Waals surface area contributed by atoms with Gasteiger partial charge in [-0.1, -0.05) is 28.1 Å². The second-order valence-corrected chi connectivity index (χ2v) is 5.76. The summed E-state index contributed by atoms with van der Waals surface area (Å²) in [6.07, 6.45) is 0.874. The third-order valence-corrected chi connectivity index (χ3v) is 4.76. The molecule has 14 heavy (non-hydrogen) atoms. The van der Waals surface area contributed by atoms with Crippen molar-refractivity contribution in [1.29, 1.82) is 0 Å². The molecule has 1 unspecified atom stereocenters. The lowest BCUT2D eigenvalue weighted by molar-refractivity contribution is 0.0657. The maximum Gasteiger partial charge on any atom is 0.0994 e. The molecule has 0 aliphatic carbocycles. The van der Waals surface area contributed by atoms with Crippen LogP contribution in [0.3, 0.4) is 0 Å². The molecule has 1 aromatic rings. The molecule has 1 nitrogen and oxygen atoms in total. The predicted molar refractivity (Wildman–Crippen MR) is 64.7 cm³/mol. The fourth-order valence-electron chi connectivity index (χ4n) is 1.72. The van der Waals surface area contributed by atoms with Crippen LogP contribution in [0.1, 0.15) is 17.5 Å². The van der Waals surface area contributed by atoms with Crippen LogP contribution in [0.15, 0.2) is 22.7 Å². The Morgan fingerprint density at radius 2 is 2.29 bits per heavy atom. The van der Waals surface area contributed by atoms with E-state index < -0.39 is 5.60 Å². The van der Waals surface area contributed by atoms with E-state index in [9.17, 15) is 5.11 Å². The first-order chi connectivity index (χ1) is 6.62. The maximum absolute atomic E-state index is 10.3. The van der Waals surface area contributed by atoms with Crippen LogP contribution in [0.25, 0.3) is 0 Å². The van der Waals surface area contributed by atoms with E-state index in [0.29, 0.717) is 0 Å². The Morgan fingerprint density at radius 1 is 1.50 bits per heavy atom. The molecule has 3 heteroatoms. The number of hydrogen-bond acceptors (Lipinski definition) is 2. The van der Waals surface area contributed by atoms with E-state index in [4.69, 9.17) is 0 Å². The fourth-order valence-corrected chi connectivity index (χ4v) is 3.24. The summed E-state index contributed by atoms with van der Waals surface area (Å²) in [5.41, 5.74) is 1.66. The Labute approximate surface area is 97.0 Å². The minimum atomic E-state index is -0.587. The van der Waals surface area contributed by atoms with E-state index >= 15 is 0 Å². The lowest BCUT2D eigenvalue weighted by atomic mass is 9.92. The topological polar surface area (TPSA) is 20.2 Å². The summed E-state index contributed by atoms with van der Waals surface area (Å²) in [4.78, 5) is 0. The maximum atomic E-state index is 10.3. The van der Waals surface area contributed by atoms with Gasteiger partial charge in [0.1, 0.15) is 0 Å². The number of aliphatic hydroxyl groups is 1. The molecule has 1 atom stereocenters. The van der Waals surface area contributed by atoms with Crippen LogP contribution in [0, 0.1) is 6.92 Å². The zero-order valence-corrected chi connectivity index (χ0v) is 10.5. The van der Waals surface area contributed by atoms with Crippen molar-refractivity contribution in [3.63, 3.8) is 0 Å². The van der Waals surface area contributed by atoms with E-state index in [1.54, 1.807) is 0 Å². The highest BCUT2D eigenvalue weighted by molar-refractivity contribution is 9.10. The van der Waals surface area contributed by atoms with E-state index in [-0.39, 0.29) is 0 Å². The van der Waals surface area contributed by atoms with E-state index in [0.717, 1.165) is 28.0 Å². The highest BCUT2D eigenvalue weighted by Crippen LogP contribution is 2.37. The van der Waals surface area contributed by atoms with Crippen LogP contribution in [-0.4, -0.2) is 16.6 Å². The van der Waals surface area contributed by atoms with Crippen molar-refractivity contribution < 1.29 is 5.11 Å². The molecule has 0 radical (unpaired) electrons. The lowest BCUT2D eigenvalue weighted by Gasteiger charge is -2.22. The Hall–Kier alpha value is 0.01000. The van der Waals surface area contributed by atoms with Gasteiger partial charge in [-0.2, -0.15) is 11.8 Å². The molecular weight excluding hydrogens is 260 g/mol. The van der Waals surface area contributed by atoms with Crippen molar-refractivity contribution in [2.75, 3.05) is 11.5 Å². The summed E-state index contributed by atoms with van der Waals surface area (Å²) in [7, 11) is 0. The second-order valence-electron chi connectivity index (χ2n) is 3.80. The van der Waals surface area contributed by atoms with Crippen molar-refractivity contribution in [2.45, 2.75) is 18.9 Å². The molecule has 1 fully saturated rings. The number of rotatable bonds is 1. The molecule has 1 aliphatic rings. The molecule has 1 saturated heterocycles. The lowest BCUT2D eigenvalue weighted by Crippen LogP contribution is -2.24. The number of halogens is 1. The average molecular weight is 273 g/mol. The fraction of sp³-hybridized carbons (Fsp3) is 0.455. The molecular formula is C11H13BrOS. The van der Waals surface area contributed by atoms with Crippen molar-refractivity contribution >= 4 is 27.7 Å². The minimum Gasteiger partial charge on any atom is -0.384 e. The van der Waals surface area contributed by atoms with Crippen molar-refractivity contribution in [3.8, 4) is 0 Å². The van der Waals surface area contributed by atoms with Crippen LogP contribution in [-0.2, 0) is 5.60 Å². The van der Waals surface area contributed by atoms with Crippen molar-refractivity contribution in [3.05, 3.63) is 33.8 Å². The van der Waals surface area contributed by atoms with Crippen molar-refractivity contribution in [1.82, 2.24) is 0 Å². The molecule has 0 amide bonds. The first-order valence-corrected chi connectivity index (χ1v) is 6.63. The number of benzene rings is 1. The van der Waals surface area contributed by atoms with Gasteiger partial charge in [0.2, 0.25) is 0 Å². The molecule has 1 heterocycles. The van der Waals surface area contributed by atoms with Gasteiger partial charge < -0.3 is 5.11 Å². The largest absolute Gasteiger partial charge is 0.384 e. The second kappa shape index (κ2) is 3.87. The molecule has 0 spiro atoms. The standard InChI is InChI=1S/C11H13BrOS/c1-8-6-9(2-3-10(8)12)11(13)4-5-14-7-11/h2-3,6,13H,4-5,7H2,1H3. The Morgan fingerprint density at radius 3 is 2.86 bits per heavy atom. The number of thioether (sulfide) groups is 1. The molecule has 1 aromatic carbocycles. The van der Waals surface area contributed by atoms with Crippen LogP contribution < -0.4 is 0 Å². The van der Waals surface area contributed by atoms with Crippen LogP contribution in [0.5, 0.6) is 0 Å². The number of aryl methyl sites for hydroxylation is 1. The highest BCUT2D eigenvalue weighted by Gasteiger charge is 2.33. The molecule has 0 aromatic heterocycles. The van der Waals surface area contributed by atoms with Gasteiger partial charge in [-0.3, -0.25) is 0 Å². The van der Waals surface area contributed by atoms with Gasteiger partial charge in [-0.25, -0.2) is 0 Å². The summed E-state index contributed by atoms with van der Waals surface area (Å²) in [6.45, 7) is 2.05. The summed E-state index contributed by atoms with van der Waals surface area (Å²) in [5, 5.41) is 10.3. The SMILES string of the molecule is Cc1cc(C2(O)CCSC2)ccc1Br. The summed E-state index contributed by atoms with van der Waals surface area (Å²) < 4.78 is 1.11. The van der Waals surface area contributed by atoms with Gasteiger partial charge in [-0.15, -0.1) is 0 Å². The summed E-state index contributed by atoms with van der Waals surface area (Å²) in [5.74, 6) is 1.89. The van der Waals surface area contributed by atoms with Gasteiger partial charge in [-0.05, 0) is 36.3 Å². The highest BCUT2D eigenvalue weighted by atomic mass is 79.9. The zero-order chi connectivity index (χ0) is 10.2. The molecule has 2 rings (SSSR count). The van der Waals surface area contributed by atoms with E-state index in [2.05, 4.69) is 28.9 Å². The van der Waals surface area contributed by atoms with Gasteiger partial charge >= 0.3 is 0 Å². The van der Waals surface area contributed by atoms with Crippen LogP contribution >= 0.6 is 27.7 Å². The van der Waals surface area contributed by atoms with Gasteiger partial charge in [0.05, 0.1) is 5.60 Å². The normalized spacial score (nSPS) is 26.8. The van der Waals surface area contributed by atoms with Gasteiger partial charge in [0.25, 0.3) is 0 Å². The Bertz CT molecular complexity index is 345. The Balaban J connectivity index is 2.36. The number of hydrogen-bond donors (Lipinski definition) is 1. The Kier molecular flexibility index (Phi) is 2.91. The first kappa shape index (κ1) is 10.5. The molecule has 1 aliphatic heterocycles.